The van der Waals surface area contributed by atoms with Gasteiger partial charge in [-0.1, -0.05) is 0 Å². The van der Waals surface area contributed by atoms with Crippen molar-refractivity contribution in [3.8, 4) is 11.5 Å². The molecule has 0 amide bonds. The smallest absolute Gasteiger partial charge is 0.142 e. The van der Waals surface area contributed by atoms with E-state index in [0.29, 0.717) is 0 Å². The minimum Gasteiger partial charge on any atom is -0.497 e. The van der Waals surface area contributed by atoms with Crippen LogP contribution in [-0.2, 0) is 0 Å². The molecule has 1 atom stereocenters. The second kappa shape index (κ2) is 6.35. The molecule has 0 fully saturated rings. The van der Waals surface area contributed by atoms with E-state index in [9.17, 15) is 0 Å². The molecule has 0 bridgehead atoms. The van der Waals surface area contributed by atoms with Crippen LogP contribution in [0.4, 0.5) is 5.69 Å². The number of hydrogen-bond donors (Lipinski definition) is 1. The van der Waals surface area contributed by atoms with E-state index in [0.717, 1.165) is 30.2 Å². The zero-order chi connectivity index (χ0) is 12.8. The Morgan fingerprint density at radius 1 is 1.29 bits per heavy atom. The van der Waals surface area contributed by atoms with Gasteiger partial charge in [-0.25, -0.2) is 0 Å². The van der Waals surface area contributed by atoms with E-state index in [1.165, 1.54) is 0 Å². The van der Waals surface area contributed by atoms with Crippen molar-refractivity contribution in [3.05, 3.63) is 18.2 Å². The summed E-state index contributed by atoms with van der Waals surface area (Å²) in [5.41, 5.74) is 6.78. The fourth-order valence-electron chi connectivity index (χ4n) is 1.61. The Balaban J connectivity index is 2.85. The molecule has 0 saturated heterocycles. The Morgan fingerprint density at radius 3 is 2.53 bits per heavy atom. The lowest BCUT2D eigenvalue weighted by atomic mass is 10.2. The molecule has 0 aromatic heterocycles. The van der Waals surface area contributed by atoms with Crippen molar-refractivity contribution in [2.45, 2.75) is 19.4 Å². The SMILES string of the molecule is COc1ccc(OC)c(N(C)CCC(C)N)c1. The molecule has 4 heteroatoms. The highest BCUT2D eigenvalue weighted by molar-refractivity contribution is 5.61. The quantitative estimate of drug-likeness (QED) is 0.822. The van der Waals surface area contributed by atoms with Crippen LogP contribution in [0.5, 0.6) is 11.5 Å². The number of ether oxygens (including phenoxy) is 2. The van der Waals surface area contributed by atoms with Crippen molar-refractivity contribution in [1.82, 2.24) is 0 Å². The van der Waals surface area contributed by atoms with Gasteiger partial charge < -0.3 is 20.1 Å². The van der Waals surface area contributed by atoms with Crippen LogP contribution in [0.25, 0.3) is 0 Å². The van der Waals surface area contributed by atoms with Gasteiger partial charge in [0.1, 0.15) is 11.5 Å². The number of nitrogens with two attached hydrogens (primary N) is 1. The van der Waals surface area contributed by atoms with Crippen molar-refractivity contribution in [2.75, 3.05) is 32.7 Å². The summed E-state index contributed by atoms with van der Waals surface area (Å²) in [6, 6.07) is 5.98. The summed E-state index contributed by atoms with van der Waals surface area (Å²) in [6.45, 7) is 2.90. The normalized spacial score (nSPS) is 12.1. The first-order chi connectivity index (χ1) is 8.08. The number of nitrogens with zero attached hydrogens (tertiary/aromatic N) is 1. The minimum absolute atomic E-state index is 0.203. The highest BCUT2D eigenvalue weighted by atomic mass is 16.5. The summed E-state index contributed by atoms with van der Waals surface area (Å²) < 4.78 is 10.6. The first-order valence-corrected chi connectivity index (χ1v) is 5.77. The monoisotopic (exact) mass is 238 g/mol. The van der Waals surface area contributed by atoms with Crippen LogP contribution in [0, 0.1) is 0 Å². The van der Waals surface area contributed by atoms with E-state index in [1.54, 1.807) is 14.2 Å². The molecule has 96 valence electrons. The molecule has 0 aliphatic rings. The molecular weight excluding hydrogens is 216 g/mol. The van der Waals surface area contributed by atoms with E-state index >= 15 is 0 Å². The molecule has 2 N–H and O–H groups in total. The number of rotatable bonds is 6. The van der Waals surface area contributed by atoms with Gasteiger partial charge >= 0.3 is 0 Å². The largest absolute Gasteiger partial charge is 0.497 e. The number of anilines is 1. The van der Waals surface area contributed by atoms with E-state index in [-0.39, 0.29) is 6.04 Å². The third-order valence-electron chi connectivity index (χ3n) is 2.72. The van der Waals surface area contributed by atoms with E-state index in [2.05, 4.69) is 4.90 Å². The van der Waals surface area contributed by atoms with Crippen LogP contribution >= 0.6 is 0 Å². The van der Waals surface area contributed by atoms with E-state index in [1.807, 2.05) is 32.2 Å². The van der Waals surface area contributed by atoms with Crippen LogP contribution in [0.15, 0.2) is 18.2 Å². The highest BCUT2D eigenvalue weighted by Crippen LogP contribution is 2.31. The van der Waals surface area contributed by atoms with Crippen LogP contribution < -0.4 is 20.1 Å². The first-order valence-electron chi connectivity index (χ1n) is 5.77. The summed E-state index contributed by atoms with van der Waals surface area (Å²) in [7, 11) is 5.36. The van der Waals surface area contributed by atoms with Crippen LogP contribution in [0.2, 0.25) is 0 Å². The van der Waals surface area contributed by atoms with Gasteiger partial charge in [-0.2, -0.15) is 0 Å². The summed E-state index contributed by atoms with van der Waals surface area (Å²) in [5, 5.41) is 0. The molecule has 4 nitrogen and oxygen atoms in total. The van der Waals surface area contributed by atoms with Gasteiger partial charge in [0, 0.05) is 25.7 Å². The van der Waals surface area contributed by atoms with Gasteiger partial charge in [0.2, 0.25) is 0 Å². The van der Waals surface area contributed by atoms with Crippen LogP contribution in [0.1, 0.15) is 13.3 Å². The fraction of sp³-hybridized carbons (Fsp3) is 0.538. The summed E-state index contributed by atoms with van der Waals surface area (Å²) >= 11 is 0. The van der Waals surface area contributed by atoms with Crippen LogP contribution in [0.3, 0.4) is 0 Å². The molecule has 0 aliphatic heterocycles. The molecule has 1 unspecified atom stereocenters. The molecule has 0 heterocycles. The lowest BCUT2D eigenvalue weighted by Gasteiger charge is -2.23. The molecule has 0 radical (unpaired) electrons. The highest BCUT2D eigenvalue weighted by Gasteiger charge is 2.10. The van der Waals surface area contributed by atoms with Gasteiger partial charge in [0.05, 0.1) is 19.9 Å². The van der Waals surface area contributed by atoms with E-state index in [4.69, 9.17) is 15.2 Å². The zero-order valence-corrected chi connectivity index (χ0v) is 11.1. The number of methoxy groups -OCH3 is 2. The predicted octanol–water partition coefficient (Wildman–Crippen LogP) is 1.88. The molecular formula is C13H22N2O2. The maximum absolute atomic E-state index is 5.76. The van der Waals surface area contributed by atoms with Gasteiger partial charge in [-0.05, 0) is 25.5 Å². The lowest BCUT2D eigenvalue weighted by molar-refractivity contribution is 0.403. The summed E-state index contributed by atoms with van der Waals surface area (Å²) in [5.74, 6) is 1.67. The Bertz CT molecular complexity index is 353. The maximum Gasteiger partial charge on any atom is 0.142 e. The Labute approximate surface area is 103 Å². The van der Waals surface area contributed by atoms with Crippen molar-refractivity contribution in [2.24, 2.45) is 5.73 Å². The average Bonchev–Trinajstić information content (AvgIpc) is 2.34. The average molecular weight is 238 g/mol. The third-order valence-corrected chi connectivity index (χ3v) is 2.72. The van der Waals surface area contributed by atoms with Gasteiger partial charge in [0.15, 0.2) is 0 Å². The Kier molecular flexibility index (Phi) is 5.10. The summed E-state index contributed by atoms with van der Waals surface area (Å²) in [4.78, 5) is 2.13. The molecule has 0 aliphatic carbocycles. The molecule has 1 aromatic carbocycles. The van der Waals surface area contributed by atoms with Crippen molar-refractivity contribution in [1.29, 1.82) is 0 Å². The summed E-state index contributed by atoms with van der Waals surface area (Å²) in [6.07, 6.45) is 0.941. The van der Waals surface area contributed by atoms with E-state index < -0.39 is 0 Å². The van der Waals surface area contributed by atoms with Gasteiger partial charge in [0.25, 0.3) is 0 Å². The molecule has 0 saturated carbocycles. The topological polar surface area (TPSA) is 47.7 Å². The number of benzene rings is 1. The molecule has 1 aromatic rings. The van der Waals surface area contributed by atoms with Crippen LogP contribution in [-0.4, -0.2) is 33.9 Å². The molecule has 1 rings (SSSR count). The van der Waals surface area contributed by atoms with Crippen molar-refractivity contribution >= 4 is 5.69 Å². The van der Waals surface area contributed by atoms with Gasteiger partial charge in [-0.3, -0.25) is 0 Å². The Morgan fingerprint density at radius 2 is 2.00 bits per heavy atom. The first kappa shape index (κ1) is 13.6. The van der Waals surface area contributed by atoms with Gasteiger partial charge in [-0.15, -0.1) is 0 Å². The van der Waals surface area contributed by atoms with Crippen molar-refractivity contribution in [3.63, 3.8) is 0 Å². The standard InChI is InChI=1S/C13H22N2O2/c1-10(14)7-8-15(2)12-9-11(16-3)5-6-13(12)17-4/h5-6,9-10H,7-8,14H2,1-4H3. The lowest BCUT2D eigenvalue weighted by Crippen LogP contribution is -2.26. The maximum atomic E-state index is 5.76. The Hall–Kier alpha value is -1.42. The van der Waals surface area contributed by atoms with Crippen molar-refractivity contribution < 1.29 is 9.47 Å². The predicted molar refractivity (Wildman–Crippen MR) is 71.1 cm³/mol. The second-order valence-electron chi connectivity index (χ2n) is 4.23. The molecule has 0 spiro atoms. The molecule has 17 heavy (non-hydrogen) atoms. The second-order valence-corrected chi connectivity index (χ2v) is 4.23. The number of hydrogen-bond acceptors (Lipinski definition) is 4. The third kappa shape index (κ3) is 3.82. The zero-order valence-electron chi connectivity index (χ0n) is 11.1. The fourth-order valence-corrected chi connectivity index (χ4v) is 1.61. The minimum atomic E-state index is 0.203.